The second-order valence-electron chi connectivity index (χ2n) is 9.94. The van der Waals surface area contributed by atoms with Crippen LogP contribution in [0.5, 0.6) is 0 Å². The Bertz CT molecular complexity index is 1010. The van der Waals surface area contributed by atoms with E-state index in [0.29, 0.717) is 24.3 Å². The van der Waals surface area contributed by atoms with Crippen LogP contribution in [0.1, 0.15) is 138 Å². The molecule has 2 N–H and O–H groups in total. The highest BCUT2D eigenvalue weighted by Crippen LogP contribution is 2.15. The summed E-state index contributed by atoms with van der Waals surface area (Å²) in [6.07, 6.45) is 13.6. The van der Waals surface area contributed by atoms with Crippen LogP contribution < -0.4 is 0 Å². The van der Waals surface area contributed by atoms with Gasteiger partial charge in [-0.1, -0.05) is 96.3 Å². The van der Waals surface area contributed by atoms with E-state index in [1.165, 1.54) is 76.5 Å². The summed E-state index contributed by atoms with van der Waals surface area (Å²) in [4.78, 5) is 45.9. The van der Waals surface area contributed by atoms with Crippen LogP contribution in [-0.2, 0) is 9.47 Å². The topological polar surface area (TPSA) is 127 Å². The summed E-state index contributed by atoms with van der Waals surface area (Å²) in [6, 6.07) is 10.9. The molecule has 2 aromatic carbocycles. The van der Waals surface area contributed by atoms with E-state index in [4.69, 9.17) is 19.7 Å². The molecule has 0 aliphatic rings. The van der Waals surface area contributed by atoms with E-state index >= 15 is 0 Å². The summed E-state index contributed by atoms with van der Waals surface area (Å²) < 4.78 is 10.7. The summed E-state index contributed by atoms with van der Waals surface area (Å²) in [7, 11) is 0. The van der Waals surface area contributed by atoms with E-state index in [-0.39, 0.29) is 16.7 Å². The molecule has 0 heterocycles. The molecule has 8 nitrogen and oxygen atoms in total. The van der Waals surface area contributed by atoms with Crippen LogP contribution in [0.3, 0.4) is 0 Å². The number of ether oxygens (including phenoxy) is 2. The lowest BCUT2D eigenvalue weighted by Gasteiger charge is -2.10. The van der Waals surface area contributed by atoms with Crippen molar-refractivity contribution < 1.29 is 38.9 Å². The molecular formula is C33H46O8. The third-order valence-corrected chi connectivity index (χ3v) is 6.62. The fourth-order valence-corrected chi connectivity index (χ4v) is 4.19. The normalized spacial score (nSPS) is 10.3. The van der Waals surface area contributed by atoms with Crippen LogP contribution in [-0.4, -0.2) is 47.3 Å². The number of unbranched alkanes of at least 4 members (excludes halogenated alkanes) is 10. The van der Waals surface area contributed by atoms with Crippen molar-refractivity contribution in [3.05, 3.63) is 70.3 Å². The van der Waals surface area contributed by atoms with Gasteiger partial charge in [-0.05, 0) is 49.6 Å². The van der Waals surface area contributed by atoms with Gasteiger partial charge in [0.2, 0.25) is 0 Å². The summed E-state index contributed by atoms with van der Waals surface area (Å²) in [6.45, 7) is 6.65. The number of carbonyl (C=O) groups excluding carboxylic acids is 2. The molecule has 41 heavy (non-hydrogen) atoms. The molecule has 0 bridgehead atoms. The number of benzene rings is 2. The van der Waals surface area contributed by atoms with Gasteiger partial charge in [0.1, 0.15) is 0 Å². The predicted octanol–water partition coefficient (Wildman–Crippen LogP) is 8.11. The first-order chi connectivity index (χ1) is 19.7. The van der Waals surface area contributed by atoms with E-state index in [1.54, 1.807) is 24.3 Å². The number of carbonyl (C=O) groups is 4. The predicted molar refractivity (Wildman–Crippen MR) is 159 cm³/mol. The Kier molecular flexibility index (Phi) is 18.2. The van der Waals surface area contributed by atoms with E-state index < -0.39 is 23.9 Å². The second-order valence-corrected chi connectivity index (χ2v) is 9.94. The van der Waals surface area contributed by atoms with Gasteiger partial charge in [0.25, 0.3) is 0 Å². The molecule has 226 valence electrons. The maximum Gasteiger partial charge on any atom is 0.339 e. The van der Waals surface area contributed by atoms with Crippen molar-refractivity contribution in [2.45, 2.75) is 97.8 Å². The SMILES string of the molecule is CCCCCCCCOC(=O)c1ccccc1C(=O)OCCCCCCCC.Cc1c(C(=O)O)cccc1C(=O)O. The number of carboxylic acid groups (broad SMARTS) is 2. The summed E-state index contributed by atoms with van der Waals surface area (Å²) in [5.41, 5.74) is 0.921. The lowest BCUT2D eigenvalue weighted by atomic mass is 10.0. The summed E-state index contributed by atoms with van der Waals surface area (Å²) >= 11 is 0. The zero-order valence-electron chi connectivity index (χ0n) is 24.8. The molecule has 0 aliphatic carbocycles. The van der Waals surface area contributed by atoms with E-state index in [9.17, 15) is 19.2 Å². The van der Waals surface area contributed by atoms with Crippen molar-refractivity contribution in [3.63, 3.8) is 0 Å². The highest BCUT2D eigenvalue weighted by Gasteiger charge is 2.19. The maximum atomic E-state index is 12.4. The Balaban J connectivity index is 0.000000537. The third-order valence-electron chi connectivity index (χ3n) is 6.62. The van der Waals surface area contributed by atoms with Gasteiger partial charge < -0.3 is 19.7 Å². The number of aromatic carboxylic acids is 2. The molecule has 0 aliphatic heterocycles. The first kappa shape index (κ1) is 35.3. The van der Waals surface area contributed by atoms with Crippen molar-refractivity contribution in [3.8, 4) is 0 Å². The second kappa shape index (κ2) is 21.1. The molecule has 0 saturated heterocycles. The molecule has 0 radical (unpaired) electrons. The fourth-order valence-electron chi connectivity index (χ4n) is 4.19. The number of carboxylic acids is 2. The minimum absolute atomic E-state index is 0.0277. The average Bonchev–Trinajstić information content (AvgIpc) is 2.96. The monoisotopic (exact) mass is 570 g/mol. The number of rotatable bonds is 18. The van der Waals surface area contributed by atoms with Gasteiger partial charge in [-0.2, -0.15) is 0 Å². The van der Waals surface area contributed by atoms with E-state index in [2.05, 4.69) is 13.8 Å². The van der Waals surface area contributed by atoms with Gasteiger partial charge >= 0.3 is 23.9 Å². The molecule has 2 rings (SSSR count). The molecule has 2 aromatic rings. The molecule has 0 aromatic heterocycles. The smallest absolute Gasteiger partial charge is 0.339 e. The highest BCUT2D eigenvalue weighted by molar-refractivity contribution is 6.03. The Hall–Kier alpha value is -3.68. The molecule has 0 spiro atoms. The van der Waals surface area contributed by atoms with Gasteiger partial charge in [0, 0.05) is 0 Å². The van der Waals surface area contributed by atoms with Crippen molar-refractivity contribution in [2.75, 3.05) is 13.2 Å². The molecule has 0 atom stereocenters. The van der Waals surface area contributed by atoms with Crippen LogP contribution in [0.4, 0.5) is 0 Å². The molecular weight excluding hydrogens is 524 g/mol. The Labute approximate surface area is 244 Å². The molecule has 0 unspecified atom stereocenters. The Morgan fingerprint density at radius 3 is 1.24 bits per heavy atom. The van der Waals surface area contributed by atoms with E-state index in [0.717, 1.165) is 25.7 Å². The van der Waals surface area contributed by atoms with Crippen LogP contribution in [0.15, 0.2) is 42.5 Å². The first-order valence-electron chi connectivity index (χ1n) is 14.7. The van der Waals surface area contributed by atoms with E-state index in [1.807, 2.05) is 0 Å². The van der Waals surface area contributed by atoms with Gasteiger partial charge in [0.05, 0.1) is 35.5 Å². The minimum atomic E-state index is -1.11. The van der Waals surface area contributed by atoms with Crippen molar-refractivity contribution in [1.29, 1.82) is 0 Å². The van der Waals surface area contributed by atoms with Crippen LogP contribution >= 0.6 is 0 Å². The van der Waals surface area contributed by atoms with Gasteiger partial charge in [-0.25, -0.2) is 19.2 Å². The zero-order chi connectivity index (χ0) is 30.5. The first-order valence-corrected chi connectivity index (χ1v) is 14.7. The quantitative estimate of drug-likeness (QED) is 0.136. The zero-order valence-corrected chi connectivity index (χ0v) is 24.8. The van der Waals surface area contributed by atoms with Crippen molar-refractivity contribution in [1.82, 2.24) is 0 Å². The summed E-state index contributed by atoms with van der Waals surface area (Å²) in [5, 5.41) is 17.4. The van der Waals surface area contributed by atoms with Crippen molar-refractivity contribution in [2.24, 2.45) is 0 Å². The summed E-state index contributed by atoms with van der Waals surface area (Å²) in [5.74, 6) is -3.11. The fraction of sp³-hybridized carbons (Fsp3) is 0.515. The van der Waals surface area contributed by atoms with Crippen LogP contribution in [0.25, 0.3) is 0 Å². The largest absolute Gasteiger partial charge is 0.478 e. The Morgan fingerprint density at radius 2 is 0.878 bits per heavy atom. The molecule has 0 amide bonds. The standard InChI is InChI=1S/C24H38O4.C9H8O4/c1-3-5-7-9-11-15-19-27-23(25)21-17-13-14-18-22(21)24(26)28-20-16-12-10-8-6-4-2;1-5-6(8(10)11)3-2-4-7(5)9(12)13/h13-14,17-18H,3-12,15-16,19-20H2,1-2H3;2-4H,1H3,(H,10,11)(H,12,13). The van der Waals surface area contributed by atoms with Crippen LogP contribution in [0.2, 0.25) is 0 Å². The lowest BCUT2D eigenvalue weighted by Crippen LogP contribution is -2.15. The van der Waals surface area contributed by atoms with Crippen molar-refractivity contribution >= 4 is 23.9 Å². The molecule has 0 saturated carbocycles. The maximum absolute atomic E-state index is 12.4. The molecule has 0 fully saturated rings. The number of hydrogen-bond donors (Lipinski definition) is 2. The number of esters is 2. The highest BCUT2D eigenvalue weighted by atomic mass is 16.5. The minimum Gasteiger partial charge on any atom is -0.478 e. The lowest BCUT2D eigenvalue weighted by molar-refractivity contribution is 0.0450. The third kappa shape index (κ3) is 14.0. The molecule has 8 heteroatoms. The van der Waals surface area contributed by atoms with Gasteiger partial charge in [-0.15, -0.1) is 0 Å². The number of hydrogen-bond acceptors (Lipinski definition) is 6. The Morgan fingerprint density at radius 1 is 0.537 bits per heavy atom. The van der Waals surface area contributed by atoms with Gasteiger partial charge in [-0.3, -0.25) is 0 Å². The van der Waals surface area contributed by atoms with Gasteiger partial charge in [0.15, 0.2) is 0 Å². The van der Waals surface area contributed by atoms with Crippen LogP contribution in [0, 0.1) is 6.92 Å². The average molecular weight is 571 g/mol.